The number of rotatable bonds is 13. The van der Waals surface area contributed by atoms with E-state index in [0.717, 1.165) is 32.1 Å². The molecule has 0 aromatic rings. The number of hydrogen-bond donors (Lipinski definition) is 13. The van der Waals surface area contributed by atoms with Gasteiger partial charge in [0, 0.05) is 12.3 Å². The van der Waals surface area contributed by atoms with Crippen LogP contribution < -0.4 is 0 Å². The van der Waals surface area contributed by atoms with Gasteiger partial charge in [-0.1, -0.05) is 27.7 Å². The first-order valence-corrected chi connectivity index (χ1v) is 23.9. The van der Waals surface area contributed by atoms with Gasteiger partial charge in [-0.3, -0.25) is 0 Å². The van der Waals surface area contributed by atoms with E-state index in [1.54, 1.807) is 0 Å². The van der Waals surface area contributed by atoms with Crippen LogP contribution in [0.15, 0.2) is 0 Å². The number of aliphatic hydroxyl groups excluding tert-OH is 12. The van der Waals surface area contributed by atoms with E-state index in [1.165, 1.54) is 0 Å². The molecular weight excluding hydrogens is 860 g/mol. The van der Waals surface area contributed by atoms with Crippen molar-refractivity contribution in [2.24, 2.45) is 52.3 Å². The van der Waals surface area contributed by atoms with Gasteiger partial charge in [0.05, 0.1) is 44.7 Å². The van der Waals surface area contributed by atoms with Crippen molar-refractivity contribution in [1.29, 1.82) is 0 Å². The van der Waals surface area contributed by atoms with Crippen LogP contribution in [0, 0.1) is 52.3 Å². The number of ether oxygens (including phenoxy) is 7. The maximum atomic E-state index is 12.1. The monoisotopic (exact) mass is 936 g/mol. The largest absolute Gasteiger partial charge is 0.394 e. The highest BCUT2D eigenvalue weighted by atomic mass is 16.8. The lowest BCUT2D eigenvalue weighted by molar-refractivity contribution is -0.376. The van der Waals surface area contributed by atoms with Crippen LogP contribution in [0.1, 0.15) is 85.5 Å². The summed E-state index contributed by atoms with van der Waals surface area (Å²) >= 11 is 0. The van der Waals surface area contributed by atoms with Crippen molar-refractivity contribution in [3.8, 4) is 0 Å². The molecule has 0 aromatic heterocycles. The van der Waals surface area contributed by atoms with Crippen molar-refractivity contribution in [2.75, 3.05) is 26.4 Å². The van der Waals surface area contributed by atoms with Gasteiger partial charge in [0.15, 0.2) is 24.7 Å². The van der Waals surface area contributed by atoms with Crippen molar-refractivity contribution in [1.82, 2.24) is 0 Å². The van der Waals surface area contributed by atoms with E-state index in [4.69, 9.17) is 33.2 Å². The number of hydrogen-bond acceptors (Lipinski definition) is 20. The Balaban J connectivity index is 0.885. The third-order valence-corrected chi connectivity index (χ3v) is 18.0. The summed E-state index contributed by atoms with van der Waals surface area (Å²) in [5.41, 5.74) is -0.302. The van der Waals surface area contributed by atoms with E-state index < -0.39 is 130 Å². The highest BCUT2D eigenvalue weighted by molar-refractivity contribution is 5.15. The first-order valence-electron chi connectivity index (χ1n) is 23.9. The normalized spacial score (nSPS) is 56.1. The molecule has 0 spiro atoms. The second kappa shape index (κ2) is 19.4. The zero-order valence-corrected chi connectivity index (χ0v) is 37.8. The summed E-state index contributed by atoms with van der Waals surface area (Å²) in [7, 11) is 0. The fourth-order valence-corrected chi connectivity index (χ4v) is 14.2. The summed E-state index contributed by atoms with van der Waals surface area (Å²) in [6.45, 7) is 6.91. The Bertz CT molecular complexity index is 1600. The van der Waals surface area contributed by atoms with Crippen LogP contribution in [0.25, 0.3) is 0 Å². The van der Waals surface area contributed by atoms with E-state index in [1.807, 2.05) is 6.92 Å². The lowest BCUT2D eigenvalue weighted by atomic mass is 9.44. The molecule has 4 aliphatic heterocycles. The second-order valence-corrected chi connectivity index (χ2v) is 21.6. The predicted octanol–water partition coefficient (Wildman–Crippen LogP) is -2.81. The highest BCUT2D eigenvalue weighted by Crippen LogP contribution is 2.71. The molecule has 0 radical (unpaired) electrons. The van der Waals surface area contributed by atoms with Crippen molar-refractivity contribution in [3.05, 3.63) is 0 Å². The summed E-state index contributed by atoms with van der Waals surface area (Å²) < 4.78 is 41.7. The van der Waals surface area contributed by atoms with Crippen LogP contribution in [0.2, 0.25) is 0 Å². The van der Waals surface area contributed by atoms with Gasteiger partial charge in [-0.2, -0.15) is 0 Å². The fraction of sp³-hybridized carbons (Fsp3) is 1.00. The van der Waals surface area contributed by atoms with Gasteiger partial charge in [-0.15, -0.1) is 0 Å². The van der Waals surface area contributed by atoms with Crippen LogP contribution in [-0.2, 0) is 33.2 Å². The molecule has 8 rings (SSSR count). The van der Waals surface area contributed by atoms with E-state index >= 15 is 0 Å². The SMILES string of the molecule is C[C@H](CC[C@]1(O)O[C@H]2C[C@@H]3[C@H]4CC[C@@H]5C[C@H](O[C@H]6O[C@@H](CO)[C@H](O)[C@@H](O)[C@@H]6O[C@H]6O[C@@H](CO)[C@H](O)[C@@H](O)[C@@H]6O)[C@@H](O)C[C@]5(C)[C@@H]4CC[C@]3(C)[C@H]2[C@@H]1C)CO[C@H]1O[C@@H](CO)[C@H](O)[C@@H](O)[C@@H]1O. The topological polar surface area (TPSA) is 328 Å². The van der Waals surface area contributed by atoms with E-state index in [0.29, 0.717) is 43.4 Å². The minimum Gasteiger partial charge on any atom is -0.394 e. The lowest BCUT2D eigenvalue weighted by Gasteiger charge is -2.62. The molecule has 4 saturated carbocycles. The van der Waals surface area contributed by atoms with Crippen LogP contribution in [0.4, 0.5) is 0 Å². The number of fused-ring (bicyclic) bond motifs is 7. The Hall–Kier alpha value is -0.800. The lowest BCUT2D eigenvalue weighted by Crippen LogP contribution is -2.65. The van der Waals surface area contributed by atoms with E-state index in [-0.39, 0.29) is 47.2 Å². The Kier molecular flexibility index (Phi) is 15.1. The molecule has 4 saturated heterocycles. The summed E-state index contributed by atoms with van der Waals surface area (Å²) in [5.74, 6) is -0.194. The molecule has 8 fully saturated rings. The third kappa shape index (κ3) is 8.89. The Morgan fingerprint density at radius 3 is 1.86 bits per heavy atom. The van der Waals surface area contributed by atoms with Gasteiger partial charge in [0.25, 0.3) is 0 Å². The summed E-state index contributed by atoms with van der Waals surface area (Å²) in [4.78, 5) is 0. The first-order chi connectivity index (χ1) is 30.7. The van der Waals surface area contributed by atoms with Crippen LogP contribution >= 0.6 is 0 Å². The molecular formula is C45H76O20. The smallest absolute Gasteiger partial charge is 0.187 e. The average molecular weight is 937 g/mol. The minimum absolute atomic E-state index is 0.0708. The zero-order chi connectivity index (χ0) is 47.1. The molecule has 0 unspecified atom stereocenters. The van der Waals surface area contributed by atoms with E-state index in [2.05, 4.69) is 20.8 Å². The molecule has 28 atom stereocenters. The molecule has 0 bridgehead atoms. The standard InChI is InChI=1S/C45H76O20/c1-18(17-59-40-37(56)34(53)31(50)27(14-46)61-40)7-10-45(58)19(2)30-26(65-45)12-23-21-6-5-20-11-25(24(49)13-44(20,4)22(21)8-9-43(23,30)3)60-42-39(36(55)33(52)29(16-48)63-42)64-41-38(57)35(54)32(51)28(15-47)62-41/h18-42,46-58H,5-17H2,1-4H3/t18-,19+,20-,21+,22-,23-,24+,25+,26+,27+,28+,29+,30+,31+,32+,33+,34-,35-,36-,37+,38+,39+,40+,41-,42+,43+,44+,45+/m1/s1. The summed E-state index contributed by atoms with van der Waals surface area (Å²) in [5, 5.41) is 137. The molecule has 4 heterocycles. The van der Waals surface area contributed by atoms with Gasteiger partial charge in [0.1, 0.15) is 73.2 Å². The van der Waals surface area contributed by atoms with Gasteiger partial charge in [-0.25, -0.2) is 0 Å². The Labute approximate surface area is 379 Å². The van der Waals surface area contributed by atoms with Crippen molar-refractivity contribution >= 4 is 0 Å². The predicted molar refractivity (Wildman–Crippen MR) is 220 cm³/mol. The molecule has 376 valence electrons. The summed E-state index contributed by atoms with van der Waals surface area (Å²) in [6, 6.07) is 0. The third-order valence-electron chi connectivity index (χ3n) is 18.0. The molecule has 8 aliphatic rings. The van der Waals surface area contributed by atoms with Crippen molar-refractivity contribution in [3.63, 3.8) is 0 Å². The first kappa shape index (κ1) is 50.6. The van der Waals surface area contributed by atoms with Crippen molar-refractivity contribution < 1.29 is 99.5 Å². The molecule has 65 heavy (non-hydrogen) atoms. The van der Waals surface area contributed by atoms with Gasteiger partial charge in [-0.05, 0) is 97.7 Å². The Morgan fingerprint density at radius 1 is 0.646 bits per heavy atom. The molecule has 20 heteroatoms. The highest BCUT2D eigenvalue weighted by Gasteiger charge is 2.69. The molecule has 13 N–H and O–H groups in total. The molecule has 4 aliphatic carbocycles. The summed E-state index contributed by atoms with van der Waals surface area (Å²) in [6.07, 6.45) is -18.0. The average Bonchev–Trinajstić information content (AvgIpc) is 3.72. The van der Waals surface area contributed by atoms with Gasteiger partial charge < -0.3 is 99.5 Å². The minimum atomic E-state index is -1.81. The quantitative estimate of drug-likeness (QED) is 0.0829. The second-order valence-electron chi connectivity index (χ2n) is 21.6. The Morgan fingerprint density at radius 2 is 1.23 bits per heavy atom. The van der Waals surface area contributed by atoms with Crippen LogP contribution in [0.3, 0.4) is 0 Å². The zero-order valence-electron chi connectivity index (χ0n) is 37.8. The van der Waals surface area contributed by atoms with Crippen LogP contribution in [0.5, 0.6) is 0 Å². The van der Waals surface area contributed by atoms with E-state index in [9.17, 15) is 66.4 Å². The fourth-order valence-electron chi connectivity index (χ4n) is 14.2. The van der Waals surface area contributed by atoms with Gasteiger partial charge >= 0.3 is 0 Å². The maximum absolute atomic E-state index is 12.1. The molecule has 20 nitrogen and oxygen atoms in total. The maximum Gasteiger partial charge on any atom is 0.187 e. The van der Waals surface area contributed by atoms with Crippen molar-refractivity contribution in [2.45, 2.75) is 202 Å². The van der Waals surface area contributed by atoms with Crippen LogP contribution in [-0.4, -0.2) is 209 Å². The molecule has 0 amide bonds. The molecule has 0 aromatic carbocycles. The van der Waals surface area contributed by atoms with Gasteiger partial charge in [0.2, 0.25) is 0 Å². The number of aliphatic hydroxyl groups is 13.